The van der Waals surface area contributed by atoms with Crippen molar-refractivity contribution in [1.82, 2.24) is 8.94 Å². The minimum Gasteiger partial charge on any atom is -0.399 e. The highest BCUT2D eigenvalue weighted by atomic mass is 32.1. The van der Waals surface area contributed by atoms with E-state index in [1.807, 2.05) is 16.4 Å². The van der Waals surface area contributed by atoms with Crippen LogP contribution in [0.2, 0.25) is 0 Å². The van der Waals surface area contributed by atoms with Crippen LogP contribution in [0.4, 0.5) is 10.1 Å². The lowest BCUT2D eigenvalue weighted by atomic mass is 10.00. The van der Waals surface area contributed by atoms with Crippen molar-refractivity contribution >= 4 is 44.1 Å². The molecule has 1 aliphatic heterocycles. The van der Waals surface area contributed by atoms with Crippen molar-refractivity contribution in [2.24, 2.45) is 16.8 Å². The lowest BCUT2D eigenvalue weighted by molar-refractivity contribution is 0.211. The van der Waals surface area contributed by atoms with E-state index in [1.165, 1.54) is 13.2 Å². The van der Waals surface area contributed by atoms with Gasteiger partial charge in [-0.3, -0.25) is 14.0 Å². The topological polar surface area (TPSA) is 106 Å². The van der Waals surface area contributed by atoms with Gasteiger partial charge in [0.15, 0.2) is 0 Å². The zero-order valence-electron chi connectivity index (χ0n) is 16.6. The number of pyridine rings is 1. The van der Waals surface area contributed by atoms with Crippen LogP contribution in [0.3, 0.4) is 0 Å². The van der Waals surface area contributed by atoms with Gasteiger partial charge >= 0.3 is 0 Å². The Balaban J connectivity index is 1.72. The van der Waals surface area contributed by atoms with E-state index in [9.17, 15) is 9.59 Å². The molecule has 8 nitrogen and oxygen atoms in total. The first kappa shape index (κ1) is 19.3. The zero-order valence-corrected chi connectivity index (χ0v) is 17.5. The molecule has 1 aliphatic carbocycles. The first-order valence-electron chi connectivity index (χ1n) is 9.90. The fraction of sp³-hybridized carbons (Fsp3) is 0.450. The Bertz CT molecular complexity index is 1300. The van der Waals surface area contributed by atoms with E-state index in [4.69, 9.17) is 10.6 Å². The summed E-state index contributed by atoms with van der Waals surface area (Å²) in [7, 11) is 1.48. The van der Waals surface area contributed by atoms with Crippen molar-refractivity contribution in [3.63, 3.8) is 0 Å². The summed E-state index contributed by atoms with van der Waals surface area (Å²) in [5.41, 5.74) is 7.08. The summed E-state index contributed by atoms with van der Waals surface area (Å²) in [6, 6.07) is 3.03. The minimum atomic E-state index is -0.505. The average Bonchev–Trinajstić information content (AvgIpc) is 3.33. The summed E-state index contributed by atoms with van der Waals surface area (Å²) in [6.45, 7) is 2.80. The molecule has 0 amide bonds. The molecule has 0 radical (unpaired) electrons. The zero-order chi connectivity index (χ0) is 21.2. The fourth-order valence-electron chi connectivity index (χ4n) is 4.36. The number of rotatable bonds is 4. The Morgan fingerprint density at radius 3 is 2.80 bits per heavy atom. The van der Waals surface area contributed by atoms with Gasteiger partial charge in [-0.05, 0) is 43.4 Å². The molecule has 2 fully saturated rings. The number of anilines is 1. The van der Waals surface area contributed by atoms with Crippen LogP contribution < -0.4 is 21.6 Å². The van der Waals surface area contributed by atoms with Crippen molar-refractivity contribution < 1.29 is 9.23 Å². The molecule has 5 rings (SSSR count). The molecule has 1 aromatic carbocycles. The quantitative estimate of drug-likeness (QED) is 0.616. The molecule has 0 bridgehead atoms. The van der Waals surface area contributed by atoms with Gasteiger partial charge in [-0.25, -0.2) is 4.39 Å². The SMILES string of the molecule is CON=C1CN(c2cc3c(cc2F)c(=O)c2c(=O)[nH]sc2n3C2CC2)CC1C(C)N. The standard InChI is InChI=1S/C20H22FN5O3S/c1-9(22)12-7-25(8-14(12)23-29-2)16-6-15-11(5-13(16)21)18(27)17-19(28)24-30-20(17)26(15)10-3-4-10/h5-6,9-10,12H,3-4,7-8,22H2,1-2H3,(H,24,28). The van der Waals surface area contributed by atoms with Crippen LogP contribution in [0.5, 0.6) is 0 Å². The fourth-order valence-corrected chi connectivity index (χ4v) is 5.29. The number of nitrogens with two attached hydrogens (primary N) is 1. The van der Waals surface area contributed by atoms with Crippen LogP contribution in [-0.2, 0) is 4.84 Å². The predicted octanol–water partition coefficient (Wildman–Crippen LogP) is 2.16. The highest BCUT2D eigenvalue weighted by Crippen LogP contribution is 2.41. The van der Waals surface area contributed by atoms with Gasteiger partial charge in [0, 0.05) is 29.9 Å². The van der Waals surface area contributed by atoms with Gasteiger partial charge in [-0.2, -0.15) is 0 Å². The van der Waals surface area contributed by atoms with Crippen LogP contribution >= 0.6 is 11.5 Å². The molecule has 1 saturated carbocycles. The number of hydrogen-bond acceptors (Lipinski definition) is 7. The third-order valence-electron chi connectivity index (χ3n) is 5.99. The van der Waals surface area contributed by atoms with Crippen LogP contribution in [0.15, 0.2) is 26.9 Å². The number of benzene rings is 1. The monoisotopic (exact) mass is 431 g/mol. The van der Waals surface area contributed by atoms with E-state index in [0.29, 0.717) is 29.1 Å². The van der Waals surface area contributed by atoms with Crippen molar-refractivity contribution in [3.8, 4) is 0 Å². The normalized spacial score (nSPS) is 21.8. The molecule has 2 unspecified atom stereocenters. The average molecular weight is 431 g/mol. The highest BCUT2D eigenvalue weighted by molar-refractivity contribution is 7.12. The summed E-state index contributed by atoms with van der Waals surface area (Å²) >= 11 is 1.16. The van der Waals surface area contributed by atoms with Crippen molar-refractivity contribution in [1.29, 1.82) is 0 Å². The molecule has 2 aliphatic rings. The molecule has 2 atom stereocenters. The Hall–Kier alpha value is -2.72. The highest BCUT2D eigenvalue weighted by Gasteiger charge is 2.35. The van der Waals surface area contributed by atoms with Crippen LogP contribution in [0, 0.1) is 11.7 Å². The number of nitrogens with zero attached hydrogens (tertiary/aromatic N) is 3. The number of H-pyrrole nitrogens is 1. The Morgan fingerprint density at radius 1 is 1.37 bits per heavy atom. The molecular formula is C20H22FN5O3S. The molecule has 2 aromatic heterocycles. The minimum absolute atomic E-state index is 0.0527. The van der Waals surface area contributed by atoms with Gasteiger partial charge in [0.1, 0.15) is 23.1 Å². The third-order valence-corrected chi connectivity index (χ3v) is 6.87. The van der Waals surface area contributed by atoms with Crippen molar-refractivity contribution in [2.45, 2.75) is 31.8 Å². The van der Waals surface area contributed by atoms with Crippen molar-refractivity contribution in [3.05, 3.63) is 38.5 Å². The lowest BCUT2D eigenvalue weighted by Crippen LogP contribution is -2.33. The summed E-state index contributed by atoms with van der Waals surface area (Å²) in [5.74, 6) is -0.557. The molecule has 30 heavy (non-hydrogen) atoms. The smallest absolute Gasteiger partial charge is 0.271 e. The molecule has 10 heteroatoms. The summed E-state index contributed by atoms with van der Waals surface area (Å²) in [6.07, 6.45) is 1.93. The van der Waals surface area contributed by atoms with E-state index in [0.717, 1.165) is 30.1 Å². The summed E-state index contributed by atoms with van der Waals surface area (Å²) < 4.78 is 19.9. The molecule has 1 saturated heterocycles. The van der Waals surface area contributed by atoms with Crippen LogP contribution in [0.1, 0.15) is 25.8 Å². The van der Waals surface area contributed by atoms with Crippen LogP contribution in [-0.4, -0.2) is 40.9 Å². The molecule has 3 heterocycles. The second-order valence-electron chi connectivity index (χ2n) is 8.08. The second-order valence-corrected chi connectivity index (χ2v) is 8.87. The molecule has 158 valence electrons. The number of aromatic amines is 1. The maximum Gasteiger partial charge on any atom is 0.271 e. The van der Waals surface area contributed by atoms with Crippen LogP contribution in [0.25, 0.3) is 21.1 Å². The predicted molar refractivity (Wildman–Crippen MR) is 116 cm³/mol. The maximum atomic E-state index is 15.2. The van der Waals surface area contributed by atoms with E-state index in [-0.39, 0.29) is 28.8 Å². The number of oxime groups is 1. The molecular weight excluding hydrogens is 409 g/mol. The lowest BCUT2D eigenvalue weighted by Gasteiger charge is -2.21. The largest absolute Gasteiger partial charge is 0.399 e. The first-order valence-corrected chi connectivity index (χ1v) is 10.7. The maximum absolute atomic E-state index is 15.2. The van der Waals surface area contributed by atoms with Crippen molar-refractivity contribution in [2.75, 3.05) is 25.1 Å². The Labute approximate surface area is 174 Å². The van der Waals surface area contributed by atoms with Gasteiger partial charge in [0.05, 0.1) is 23.5 Å². The number of nitrogens with one attached hydrogen (secondary N) is 1. The van der Waals surface area contributed by atoms with E-state index < -0.39 is 16.8 Å². The Kier molecular flexibility index (Phi) is 4.44. The number of hydrogen-bond donors (Lipinski definition) is 2. The molecule has 3 N–H and O–H groups in total. The summed E-state index contributed by atoms with van der Waals surface area (Å²) in [5, 5.41) is 4.43. The van der Waals surface area contributed by atoms with Gasteiger partial charge in [-0.15, -0.1) is 0 Å². The Morgan fingerprint density at radius 2 is 2.13 bits per heavy atom. The number of aromatic nitrogens is 2. The number of halogens is 1. The van der Waals surface area contributed by atoms with Gasteiger partial charge in [0.2, 0.25) is 5.43 Å². The number of fused-ring (bicyclic) bond motifs is 2. The van der Waals surface area contributed by atoms with Gasteiger partial charge in [0.25, 0.3) is 5.56 Å². The van der Waals surface area contributed by atoms with E-state index >= 15 is 4.39 Å². The van der Waals surface area contributed by atoms with E-state index in [2.05, 4.69) is 9.53 Å². The van der Waals surface area contributed by atoms with Gasteiger partial charge in [-0.1, -0.05) is 5.16 Å². The second kappa shape index (κ2) is 6.92. The summed E-state index contributed by atoms with van der Waals surface area (Å²) in [4.78, 5) is 32.6. The third kappa shape index (κ3) is 2.85. The molecule has 3 aromatic rings. The van der Waals surface area contributed by atoms with Gasteiger partial charge < -0.3 is 20.0 Å². The van der Waals surface area contributed by atoms with E-state index in [1.54, 1.807) is 6.07 Å². The molecule has 0 spiro atoms. The first-order chi connectivity index (χ1) is 14.4.